The summed E-state index contributed by atoms with van der Waals surface area (Å²) < 4.78 is 7.57. The number of pyridine rings is 1. The molecule has 1 aliphatic rings. The van der Waals surface area contributed by atoms with Crippen LogP contribution in [0.15, 0.2) is 36.9 Å². The van der Waals surface area contributed by atoms with E-state index in [2.05, 4.69) is 16.8 Å². The first-order valence-electron chi connectivity index (χ1n) is 9.77. The van der Waals surface area contributed by atoms with Crippen molar-refractivity contribution >= 4 is 45.9 Å². The number of ether oxygens (including phenoxy) is 1. The lowest BCUT2D eigenvalue weighted by atomic mass is 10.1. The average molecular weight is 449 g/mol. The van der Waals surface area contributed by atoms with Gasteiger partial charge < -0.3 is 19.3 Å². The molecule has 30 heavy (non-hydrogen) atoms. The van der Waals surface area contributed by atoms with E-state index >= 15 is 0 Å². The minimum absolute atomic E-state index is 0.00458. The van der Waals surface area contributed by atoms with Gasteiger partial charge in [-0.2, -0.15) is 0 Å². The van der Waals surface area contributed by atoms with E-state index in [0.717, 1.165) is 29.9 Å². The smallest absolute Gasteiger partial charge is 0.305 e. The number of rotatable bonds is 7. The van der Waals surface area contributed by atoms with Gasteiger partial charge in [0.2, 0.25) is 0 Å². The van der Waals surface area contributed by atoms with Crippen molar-refractivity contribution in [2.24, 2.45) is 5.92 Å². The summed E-state index contributed by atoms with van der Waals surface area (Å²) in [6.07, 6.45) is 6.27. The van der Waals surface area contributed by atoms with Crippen LogP contribution in [-0.4, -0.2) is 51.4 Å². The molecule has 2 aromatic heterocycles. The van der Waals surface area contributed by atoms with Crippen LogP contribution in [-0.2, 0) is 9.53 Å². The largest absolute Gasteiger partial charge is 0.481 e. The highest BCUT2D eigenvalue weighted by atomic mass is 35.5. The minimum atomic E-state index is -0.862. The number of carbonyl (C=O) groups is 1. The molecule has 1 N–H and O–H groups in total. The average Bonchev–Trinajstić information content (AvgIpc) is 3.37. The maximum atomic E-state index is 10.7. The van der Waals surface area contributed by atoms with Gasteiger partial charge in [-0.15, -0.1) is 0 Å². The molecule has 1 fully saturated rings. The highest BCUT2D eigenvalue weighted by Gasteiger charge is 2.31. The SMILES string of the molecule is C[C@H]1C[C@@H](COCCC(=O)O)N(c2cc(-n3ccnc3)c3ccc(Cl)c(Cl)c3n2)C1. The van der Waals surface area contributed by atoms with Crippen LogP contribution < -0.4 is 4.90 Å². The summed E-state index contributed by atoms with van der Waals surface area (Å²) in [7, 11) is 0. The Hall–Kier alpha value is -2.35. The van der Waals surface area contributed by atoms with Crippen molar-refractivity contribution in [3.05, 3.63) is 47.0 Å². The quantitative estimate of drug-likeness (QED) is 0.538. The first kappa shape index (κ1) is 20.9. The van der Waals surface area contributed by atoms with E-state index in [9.17, 15) is 4.79 Å². The molecule has 4 rings (SSSR count). The molecule has 2 atom stereocenters. The lowest BCUT2D eigenvalue weighted by molar-refractivity contribution is -0.138. The van der Waals surface area contributed by atoms with Crippen molar-refractivity contribution < 1.29 is 14.6 Å². The topological polar surface area (TPSA) is 80.5 Å². The van der Waals surface area contributed by atoms with Gasteiger partial charge in [-0.25, -0.2) is 9.97 Å². The Morgan fingerprint density at radius 3 is 2.93 bits per heavy atom. The van der Waals surface area contributed by atoms with E-state index in [4.69, 9.17) is 38.0 Å². The van der Waals surface area contributed by atoms with Gasteiger partial charge in [0.05, 0.1) is 53.3 Å². The molecule has 158 valence electrons. The molecular weight excluding hydrogens is 427 g/mol. The van der Waals surface area contributed by atoms with Crippen molar-refractivity contribution in [3.63, 3.8) is 0 Å². The number of anilines is 1. The Morgan fingerprint density at radius 1 is 1.37 bits per heavy atom. The highest BCUT2D eigenvalue weighted by molar-refractivity contribution is 6.45. The summed E-state index contributed by atoms with van der Waals surface area (Å²) in [6.45, 7) is 3.65. The van der Waals surface area contributed by atoms with Crippen LogP contribution in [0.5, 0.6) is 0 Å². The van der Waals surface area contributed by atoms with E-state index in [1.165, 1.54) is 0 Å². The molecule has 9 heteroatoms. The van der Waals surface area contributed by atoms with E-state index < -0.39 is 5.97 Å². The molecule has 0 unspecified atom stereocenters. The zero-order valence-electron chi connectivity index (χ0n) is 16.5. The number of halogens is 2. The van der Waals surface area contributed by atoms with Gasteiger partial charge in [-0.05, 0) is 24.5 Å². The third kappa shape index (κ3) is 4.24. The Kier molecular flexibility index (Phi) is 6.13. The second kappa shape index (κ2) is 8.79. The Bertz CT molecular complexity index is 1060. The van der Waals surface area contributed by atoms with E-state index in [1.807, 2.05) is 22.9 Å². The monoisotopic (exact) mass is 448 g/mol. The van der Waals surface area contributed by atoms with Crippen LogP contribution in [0.2, 0.25) is 10.0 Å². The van der Waals surface area contributed by atoms with Crippen LogP contribution in [0, 0.1) is 5.92 Å². The number of hydrogen-bond donors (Lipinski definition) is 1. The van der Waals surface area contributed by atoms with Crippen molar-refractivity contribution in [1.82, 2.24) is 14.5 Å². The zero-order chi connectivity index (χ0) is 21.3. The van der Waals surface area contributed by atoms with Gasteiger partial charge in [-0.1, -0.05) is 30.1 Å². The fraction of sp³-hybridized carbons (Fsp3) is 0.381. The van der Waals surface area contributed by atoms with E-state index in [1.54, 1.807) is 18.6 Å². The standard InChI is InChI=1S/C21H22Cl2N4O3/c1-13-8-14(11-30-7-4-19(28)29)27(10-13)18-9-17(26-6-5-24-12-26)15-2-3-16(22)20(23)21(15)25-18/h2-3,5-6,9,12-14H,4,7-8,10-11H2,1H3,(H,28,29)/t13-,14-/m0/s1. The Morgan fingerprint density at radius 2 is 2.20 bits per heavy atom. The summed E-state index contributed by atoms with van der Waals surface area (Å²) in [4.78, 5) is 22.0. The van der Waals surface area contributed by atoms with Crippen LogP contribution in [0.25, 0.3) is 16.6 Å². The second-order valence-electron chi connectivity index (χ2n) is 7.59. The van der Waals surface area contributed by atoms with Crippen molar-refractivity contribution in [3.8, 4) is 5.69 Å². The van der Waals surface area contributed by atoms with Crippen LogP contribution in [0.1, 0.15) is 19.8 Å². The summed E-state index contributed by atoms with van der Waals surface area (Å²) in [5.41, 5.74) is 1.55. The fourth-order valence-corrected chi connectivity index (χ4v) is 4.29. The molecule has 1 saturated heterocycles. The molecule has 3 aromatic rings. The summed E-state index contributed by atoms with van der Waals surface area (Å²) in [5.74, 6) is 0.382. The van der Waals surface area contributed by atoms with Crippen molar-refractivity contribution in [1.29, 1.82) is 0 Å². The molecule has 0 amide bonds. The molecule has 7 nitrogen and oxygen atoms in total. The third-order valence-corrected chi connectivity index (χ3v) is 6.10. The lowest BCUT2D eigenvalue weighted by Gasteiger charge is -2.27. The normalized spacial score (nSPS) is 19.0. The van der Waals surface area contributed by atoms with Crippen LogP contribution >= 0.6 is 23.2 Å². The first-order valence-corrected chi connectivity index (χ1v) is 10.5. The maximum absolute atomic E-state index is 10.7. The minimum Gasteiger partial charge on any atom is -0.481 e. The Balaban J connectivity index is 1.72. The van der Waals surface area contributed by atoms with E-state index in [-0.39, 0.29) is 19.1 Å². The zero-order valence-corrected chi connectivity index (χ0v) is 18.0. The number of nitrogens with zero attached hydrogens (tertiary/aromatic N) is 4. The number of hydrogen-bond acceptors (Lipinski definition) is 5. The molecule has 3 heterocycles. The third-order valence-electron chi connectivity index (χ3n) is 5.31. The summed E-state index contributed by atoms with van der Waals surface area (Å²) in [6, 6.07) is 5.81. The molecule has 0 radical (unpaired) electrons. The number of fused-ring (bicyclic) bond motifs is 1. The van der Waals surface area contributed by atoms with Gasteiger partial charge in [-0.3, -0.25) is 4.79 Å². The molecular formula is C21H22Cl2N4O3. The maximum Gasteiger partial charge on any atom is 0.305 e. The number of carboxylic acids is 1. The number of imidazole rings is 1. The van der Waals surface area contributed by atoms with Gasteiger partial charge >= 0.3 is 5.97 Å². The number of benzene rings is 1. The van der Waals surface area contributed by atoms with Gasteiger partial charge in [0.1, 0.15) is 5.82 Å². The molecule has 0 aliphatic carbocycles. The van der Waals surface area contributed by atoms with Gasteiger partial charge in [0.15, 0.2) is 0 Å². The second-order valence-corrected chi connectivity index (χ2v) is 8.38. The number of carboxylic acid groups (broad SMARTS) is 1. The number of aromatic nitrogens is 3. The molecule has 0 bridgehead atoms. The van der Waals surface area contributed by atoms with Gasteiger partial charge in [0, 0.05) is 30.4 Å². The molecule has 0 saturated carbocycles. The van der Waals surface area contributed by atoms with Crippen LogP contribution in [0.4, 0.5) is 5.82 Å². The van der Waals surface area contributed by atoms with Crippen molar-refractivity contribution in [2.75, 3.05) is 24.7 Å². The molecule has 1 aliphatic heterocycles. The summed E-state index contributed by atoms with van der Waals surface area (Å²) in [5, 5.41) is 10.6. The lowest BCUT2D eigenvalue weighted by Crippen LogP contribution is -2.34. The number of aliphatic carboxylic acids is 1. The predicted octanol–water partition coefficient (Wildman–Crippen LogP) is 4.43. The predicted molar refractivity (Wildman–Crippen MR) is 117 cm³/mol. The summed E-state index contributed by atoms with van der Waals surface area (Å²) >= 11 is 12.8. The highest BCUT2D eigenvalue weighted by Crippen LogP contribution is 2.37. The Labute approximate surface area is 184 Å². The van der Waals surface area contributed by atoms with Gasteiger partial charge in [0.25, 0.3) is 0 Å². The fourth-order valence-electron chi connectivity index (χ4n) is 3.93. The van der Waals surface area contributed by atoms with E-state index in [0.29, 0.717) is 28.1 Å². The molecule has 1 aromatic carbocycles. The van der Waals surface area contributed by atoms with Crippen LogP contribution in [0.3, 0.4) is 0 Å². The first-order chi connectivity index (χ1) is 14.4. The molecule has 0 spiro atoms. The van der Waals surface area contributed by atoms with Crippen molar-refractivity contribution in [2.45, 2.75) is 25.8 Å².